The number of hydrogen-bond acceptors (Lipinski definition) is 4. The molecule has 0 aliphatic heterocycles. The molecule has 4 heteroatoms. The number of nitrogens with two attached hydrogens (primary N) is 1. The van der Waals surface area contributed by atoms with Crippen LogP contribution < -0.4 is 10.5 Å². The Balaban J connectivity index is 2.44. The minimum atomic E-state index is 0.560. The quantitative estimate of drug-likeness (QED) is 0.863. The fourth-order valence-electron chi connectivity index (χ4n) is 1.43. The van der Waals surface area contributed by atoms with Gasteiger partial charge in [0.25, 0.3) is 0 Å². The molecule has 0 aliphatic carbocycles. The van der Waals surface area contributed by atoms with Gasteiger partial charge in [0.05, 0.1) is 13.3 Å². The Morgan fingerprint density at radius 1 is 1.47 bits per heavy atom. The summed E-state index contributed by atoms with van der Waals surface area (Å²) in [5.41, 5.74) is 7.86. The molecule has 2 rings (SSSR count). The van der Waals surface area contributed by atoms with Crippen LogP contribution in [0.5, 0.6) is 5.75 Å². The number of ether oxygens (including phenoxy) is 1. The zero-order valence-corrected chi connectivity index (χ0v) is 9.25. The van der Waals surface area contributed by atoms with Crippen molar-refractivity contribution in [2.24, 2.45) is 5.73 Å². The lowest BCUT2D eigenvalue weighted by atomic mass is 10.1. The molecule has 2 aromatic heterocycles. The van der Waals surface area contributed by atoms with Crippen molar-refractivity contribution in [3.8, 4) is 16.9 Å². The Labute approximate surface area is 92.5 Å². The Bertz CT molecular complexity index is 453. The average Bonchev–Trinajstić information content (AvgIpc) is 2.77. The number of aromatic nitrogens is 1. The van der Waals surface area contributed by atoms with Crippen molar-refractivity contribution in [1.82, 2.24) is 4.98 Å². The molecule has 2 heterocycles. The van der Waals surface area contributed by atoms with E-state index in [9.17, 15) is 0 Å². The molecule has 0 bridgehead atoms. The predicted molar refractivity (Wildman–Crippen MR) is 62.0 cm³/mol. The van der Waals surface area contributed by atoms with Crippen LogP contribution in [0.25, 0.3) is 11.1 Å². The van der Waals surface area contributed by atoms with Crippen LogP contribution in [0.4, 0.5) is 0 Å². The third-order valence-corrected chi connectivity index (χ3v) is 3.13. The van der Waals surface area contributed by atoms with Gasteiger partial charge >= 0.3 is 0 Å². The van der Waals surface area contributed by atoms with Crippen molar-refractivity contribution in [2.45, 2.75) is 6.54 Å². The van der Waals surface area contributed by atoms with E-state index in [1.54, 1.807) is 24.6 Å². The Hall–Kier alpha value is -1.39. The van der Waals surface area contributed by atoms with Gasteiger partial charge in [-0.1, -0.05) is 0 Å². The summed E-state index contributed by atoms with van der Waals surface area (Å²) in [5.74, 6) is 0.765. The predicted octanol–water partition coefficient (Wildman–Crippen LogP) is 2.28. The molecular weight excluding hydrogens is 208 g/mol. The molecule has 0 aliphatic rings. The first-order chi connectivity index (χ1) is 7.35. The van der Waals surface area contributed by atoms with Crippen LogP contribution in [0.15, 0.2) is 29.9 Å². The number of thiophene rings is 1. The second-order valence-corrected chi connectivity index (χ2v) is 4.08. The smallest absolute Gasteiger partial charge is 0.137 e. The van der Waals surface area contributed by atoms with Crippen molar-refractivity contribution in [3.05, 3.63) is 34.8 Å². The van der Waals surface area contributed by atoms with Gasteiger partial charge in [0.1, 0.15) is 5.75 Å². The Kier molecular flexibility index (Phi) is 2.99. The first-order valence-electron chi connectivity index (χ1n) is 4.61. The lowest BCUT2D eigenvalue weighted by Crippen LogP contribution is -1.95. The van der Waals surface area contributed by atoms with Gasteiger partial charge in [-0.05, 0) is 23.1 Å². The molecular formula is C11H12N2OS. The standard InChI is InChI=1S/C11H12N2OS/c1-14-9-4-8(6-13-7-9)10-2-3-15-11(10)5-12/h2-4,6-7H,5,12H2,1H3. The van der Waals surface area contributed by atoms with Crippen LogP contribution in [-0.4, -0.2) is 12.1 Å². The maximum absolute atomic E-state index is 5.66. The molecule has 2 N–H and O–H groups in total. The van der Waals surface area contributed by atoms with Crippen LogP contribution in [0, 0.1) is 0 Å². The summed E-state index contributed by atoms with van der Waals surface area (Å²) in [5, 5.41) is 2.04. The Morgan fingerprint density at radius 2 is 2.33 bits per heavy atom. The Morgan fingerprint density at radius 3 is 3.07 bits per heavy atom. The van der Waals surface area contributed by atoms with Gasteiger partial charge in [-0.25, -0.2) is 0 Å². The zero-order chi connectivity index (χ0) is 10.7. The molecule has 15 heavy (non-hydrogen) atoms. The van der Waals surface area contributed by atoms with Crippen LogP contribution in [0.2, 0.25) is 0 Å². The summed E-state index contributed by atoms with van der Waals surface area (Å²) in [6.07, 6.45) is 3.52. The van der Waals surface area contributed by atoms with Crippen LogP contribution in [-0.2, 0) is 6.54 Å². The largest absolute Gasteiger partial charge is 0.495 e. The van der Waals surface area contributed by atoms with Gasteiger partial charge in [0, 0.05) is 23.2 Å². The van der Waals surface area contributed by atoms with E-state index >= 15 is 0 Å². The van der Waals surface area contributed by atoms with Crippen LogP contribution in [0.3, 0.4) is 0 Å². The highest BCUT2D eigenvalue weighted by molar-refractivity contribution is 7.10. The summed E-state index contributed by atoms with van der Waals surface area (Å²) in [6.45, 7) is 0.560. The second kappa shape index (κ2) is 4.42. The molecule has 0 aromatic carbocycles. The monoisotopic (exact) mass is 220 g/mol. The summed E-state index contributed by atoms with van der Waals surface area (Å²) in [7, 11) is 1.64. The molecule has 0 saturated heterocycles. The van der Waals surface area contributed by atoms with E-state index in [1.165, 1.54) is 4.88 Å². The molecule has 0 amide bonds. The van der Waals surface area contributed by atoms with Crippen molar-refractivity contribution < 1.29 is 4.74 Å². The SMILES string of the molecule is COc1cncc(-c2ccsc2CN)c1. The van der Waals surface area contributed by atoms with Gasteiger partial charge in [0.15, 0.2) is 0 Å². The molecule has 3 nitrogen and oxygen atoms in total. The van der Waals surface area contributed by atoms with Crippen molar-refractivity contribution in [2.75, 3.05) is 7.11 Å². The highest BCUT2D eigenvalue weighted by Gasteiger charge is 2.06. The normalized spacial score (nSPS) is 10.3. The summed E-state index contributed by atoms with van der Waals surface area (Å²) >= 11 is 1.66. The van der Waals surface area contributed by atoms with Gasteiger partial charge < -0.3 is 10.5 Å². The van der Waals surface area contributed by atoms with E-state index in [4.69, 9.17) is 10.5 Å². The average molecular weight is 220 g/mol. The lowest BCUT2D eigenvalue weighted by molar-refractivity contribution is 0.413. The summed E-state index contributed by atoms with van der Waals surface area (Å²) in [6, 6.07) is 4.03. The highest BCUT2D eigenvalue weighted by Crippen LogP contribution is 2.29. The number of hydrogen-bond donors (Lipinski definition) is 1. The molecule has 0 saturated carbocycles. The van der Waals surface area contributed by atoms with Crippen LogP contribution in [0.1, 0.15) is 4.88 Å². The summed E-state index contributed by atoms with van der Waals surface area (Å²) < 4.78 is 5.14. The van der Waals surface area contributed by atoms with E-state index in [2.05, 4.69) is 11.1 Å². The number of pyridine rings is 1. The molecule has 78 valence electrons. The lowest BCUT2D eigenvalue weighted by Gasteiger charge is -2.03. The van der Waals surface area contributed by atoms with Crippen molar-refractivity contribution >= 4 is 11.3 Å². The number of nitrogens with zero attached hydrogens (tertiary/aromatic N) is 1. The fraction of sp³-hybridized carbons (Fsp3) is 0.182. The molecule has 0 radical (unpaired) electrons. The number of methoxy groups -OCH3 is 1. The van der Waals surface area contributed by atoms with Crippen LogP contribution >= 0.6 is 11.3 Å². The van der Waals surface area contributed by atoms with E-state index < -0.39 is 0 Å². The number of rotatable bonds is 3. The minimum absolute atomic E-state index is 0.560. The van der Waals surface area contributed by atoms with Gasteiger partial charge in [-0.15, -0.1) is 11.3 Å². The maximum Gasteiger partial charge on any atom is 0.137 e. The molecule has 0 atom stereocenters. The first kappa shape index (κ1) is 10.1. The van der Waals surface area contributed by atoms with E-state index in [0.717, 1.165) is 16.9 Å². The zero-order valence-electron chi connectivity index (χ0n) is 8.43. The van der Waals surface area contributed by atoms with E-state index in [0.29, 0.717) is 6.54 Å². The maximum atomic E-state index is 5.66. The first-order valence-corrected chi connectivity index (χ1v) is 5.49. The van der Waals surface area contributed by atoms with Crippen molar-refractivity contribution in [1.29, 1.82) is 0 Å². The third kappa shape index (κ3) is 2.00. The molecule has 0 spiro atoms. The second-order valence-electron chi connectivity index (χ2n) is 3.08. The van der Waals surface area contributed by atoms with Gasteiger partial charge in [0.2, 0.25) is 0 Å². The highest BCUT2D eigenvalue weighted by atomic mass is 32.1. The molecule has 0 unspecified atom stereocenters. The minimum Gasteiger partial charge on any atom is -0.495 e. The summed E-state index contributed by atoms with van der Waals surface area (Å²) in [4.78, 5) is 5.30. The molecule has 2 aromatic rings. The van der Waals surface area contributed by atoms with E-state index in [1.807, 2.05) is 17.6 Å². The third-order valence-electron chi connectivity index (χ3n) is 2.19. The molecule has 0 fully saturated rings. The van der Waals surface area contributed by atoms with Crippen molar-refractivity contribution in [3.63, 3.8) is 0 Å². The van der Waals surface area contributed by atoms with Gasteiger partial charge in [-0.3, -0.25) is 4.98 Å². The fourth-order valence-corrected chi connectivity index (χ4v) is 2.21. The topological polar surface area (TPSA) is 48.1 Å². The van der Waals surface area contributed by atoms with E-state index in [-0.39, 0.29) is 0 Å². The van der Waals surface area contributed by atoms with Gasteiger partial charge in [-0.2, -0.15) is 0 Å².